The van der Waals surface area contributed by atoms with Crippen LogP contribution in [0.5, 0.6) is 0 Å². The minimum absolute atomic E-state index is 0.00443. The monoisotopic (exact) mass is 341 g/mol. The van der Waals surface area contributed by atoms with E-state index in [4.69, 9.17) is 4.74 Å². The molecule has 2 rings (SSSR count). The summed E-state index contributed by atoms with van der Waals surface area (Å²) >= 11 is 0. The van der Waals surface area contributed by atoms with Crippen LogP contribution in [0.15, 0.2) is 48.5 Å². The number of alkyl carbamates (subject to hydrolysis) is 1. The first-order valence-corrected chi connectivity index (χ1v) is 7.12. The molecule has 3 nitrogen and oxygen atoms in total. The van der Waals surface area contributed by atoms with Gasteiger partial charge in [-0.15, -0.1) is 0 Å². The number of nitrogens with one attached hydrogen (secondary N) is 1. The summed E-state index contributed by atoms with van der Waals surface area (Å²) in [5.41, 5.74) is -0.877. The Morgan fingerprint density at radius 2 is 1.79 bits per heavy atom. The number of carbonyl (C=O) groups is 1. The quantitative estimate of drug-likeness (QED) is 0.809. The van der Waals surface area contributed by atoms with E-state index in [0.29, 0.717) is 6.07 Å². The maximum Gasteiger partial charge on any atom is 0.419 e. The van der Waals surface area contributed by atoms with E-state index in [2.05, 4.69) is 5.32 Å². The van der Waals surface area contributed by atoms with Crippen molar-refractivity contribution >= 4 is 6.09 Å². The lowest BCUT2D eigenvalue weighted by Gasteiger charge is -2.17. The Hall–Kier alpha value is -2.57. The van der Waals surface area contributed by atoms with Gasteiger partial charge in [0.05, 0.1) is 11.6 Å². The van der Waals surface area contributed by atoms with Gasteiger partial charge in [-0.3, -0.25) is 0 Å². The summed E-state index contributed by atoms with van der Waals surface area (Å²) in [5, 5.41) is 2.32. The van der Waals surface area contributed by atoms with Crippen LogP contribution >= 0.6 is 0 Å². The number of alkyl halides is 3. The maximum absolute atomic E-state index is 14.0. The Labute approximate surface area is 136 Å². The Morgan fingerprint density at radius 1 is 1.12 bits per heavy atom. The van der Waals surface area contributed by atoms with Gasteiger partial charge in [0.25, 0.3) is 0 Å². The van der Waals surface area contributed by atoms with Gasteiger partial charge in [0.1, 0.15) is 12.4 Å². The summed E-state index contributed by atoms with van der Waals surface area (Å²) in [4.78, 5) is 11.7. The summed E-state index contributed by atoms with van der Waals surface area (Å²) in [6.45, 7) is 1.38. The molecule has 7 heteroatoms. The lowest BCUT2D eigenvalue weighted by atomic mass is 10.0. The molecule has 1 unspecified atom stereocenters. The summed E-state index contributed by atoms with van der Waals surface area (Å²) in [6, 6.07) is 10.8. The molecule has 0 aliphatic carbocycles. The number of halogens is 4. The number of carbonyl (C=O) groups excluding carboxylic acids is 1. The van der Waals surface area contributed by atoms with Crippen molar-refractivity contribution in [2.24, 2.45) is 0 Å². The van der Waals surface area contributed by atoms with E-state index >= 15 is 0 Å². The molecule has 0 fully saturated rings. The molecular formula is C17H15F4NO2. The molecule has 0 saturated heterocycles. The highest BCUT2D eigenvalue weighted by atomic mass is 19.4. The van der Waals surface area contributed by atoms with Gasteiger partial charge in [0.15, 0.2) is 0 Å². The molecule has 1 amide bonds. The fraction of sp³-hybridized carbons (Fsp3) is 0.235. The van der Waals surface area contributed by atoms with E-state index in [9.17, 15) is 22.4 Å². The smallest absolute Gasteiger partial charge is 0.419 e. The second-order valence-electron chi connectivity index (χ2n) is 5.13. The number of hydrogen-bond acceptors (Lipinski definition) is 2. The van der Waals surface area contributed by atoms with Crippen LogP contribution in [0.3, 0.4) is 0 Å². The highest BCUT2D eigenvalue weighted by Crippen LogP contribution is 2.33. The maximum atomic E-state index is 14.0. The van der Waals surface area contributed by atoms with Crippen molar-refractivity contribution in [2.75, 3.05) is 0 Å². The Kier molecular flexibility index (Phi) is 5.43. The Morgan fingerprint density at radius 3 is 2.42 bits per heavy atom. The van der Waals surface area contributed by atoms with E-state index in [0.717, 1.165) is 11.6 Å². The molecule has 2 aromatic rings. The van der Waals surface area contributed by atoms with Crippen LogP contribution in [0.4, 0.5) is 22.4 Å². The molecular weight excluding hydrogens is 326 g/mol. The van der Waals surface area contributed by atoms with Crippen molar-refractivity contribution in [1.82, 2.24) is 5.32 Å². The van der Waals surface area contributed by atoms with Gasteiger partial charge in [-0.2, -0.15) is 13.2 Å². The first-order chi connectivity index (χ1) is 11.3. The van der Waals surface area contributed by atoms with Crippen molar-refractivity contribution < 1.29 is 27.1 Å². The number of rotatable bonds is 4. The van der Waals surface area contributed by atoms with Gasteiger partial charge >= 0.3 is 12.3 Å². The highest BCUT2D eigenvalue weighted by molar-refractivity contribution is 5.67. The molecule has 0 aliphatic rings. The zero-order chi connectivity index (χ0) is 17.7. The molecule has 1 atom stereocenters. The van der Waals surface area contributed by atoms with E-state index in [1.54, 1.807) is 24.3 Å². The van der Waals surface area contributed by atoms with Crippen molar-refractivity contribution in [1.29, 1.82) is 0 Å². The lowest BCUT2D eigenvalue weighted by molar-refractivity contribution is -0.140. The predicted octanol–water partition coefficient (Wildman–Crippen LogP) is 4.83. The van der Waals surface area contributed by atoms with Gasteiger partial charge in [-0.05, 0) is 18.6 Å². The number of ether oxygens (including phenoxy) is 1. The van der Waals surface area contributed by atoms with Crippen LogP contribution in [0, 0.1) is 5.82 Å². The summed E-state index contributed by atoms with van der Waals surface area (Å²) in [5.74, 6) is -1.40. The van der Waals surface area contributed by atoms with Crippen molar-refractivity contribution in [3.05, 3.63) is 71.0 Å². The van der Waals surface area contributed by atoms with Crippen molar-refractivity contribution in [3.63, 3.8) is 0 Å². The SMILES string of the molecule is CC(NC(=O)OCc1ccccc1)c1cccc(C(F)(F)F)c1F. The summed E-state index contributed by atoms with van der Waals surface area (Å²) < 4.78 is 57.1. The van der Waals surface area contributed by atoms with Crippen LogP contribution < -0.4 is 5.32 Å². The van der Waals surface area contributed by atoms with Crippen LogP contribution in [0.2, 0.25) is 0 Å². The minimum Gasteiger partial charge on any atom is -0.445 e. The fourth-order valence-electron chi connectivity index (χ4n) is 2.12. The molecule has 0 aliphatic heterocycles. The molecule has 24 heavy (non-hydrogen) atoms. The molecule has 0 heterocycles. The highest BCUT2D eigenvalue weighted by Gasteiger charge is 2.35. The topological polar surface area (TPSA) is 38.3 Å². The van der Waals surface area contributed by atoms with Gasteiger partial charge in [-0.1, -0.05) is 42.5 Å². The Balaban J connectivity index is 2.02. The van der Waals surface area contributed by atoms with Crippen LogP contribution in [0.1, 0.15) is 29.7 Å². The molecule has 0 spiro atoms. The fourth-order valence-corrected chi connectivity index (χ4v) is 2.12. The van der Waals surface area contributed by atoms with Crippen molar-refractivity contribution in [3.8, 4) is 0 Å². The molecule has 0 saturated carbocycles. The van der Waals surface area contributed by atoms with Crippen LogP contribution in [0.25, 0.3) is 0 Å². The first-order valence-electron chi connectivity index (χ1n) is 7.12. The second-order valence-corrected chi connectivity index (χ2v) is 5.13. The van der Waals surface area contributed by atoms with E-state index in [1.807, 2.05) is 6.07 Å². The Bertz CT molecular complexity index is 701. The third-order valence-corrected chi connectivity index (χ3v) is 3.35. The summed E-state index contributed by atoms with van der Waals surface area (Å²) in [6.07, 6.45) is -5.64. The van der Waals surface area contributed by atoms with E-state index in [-0.39, 0.29) is 12.2 Å². The normalized spacial score (nSPS) is 12.5. The van der Waals surface area contributed by atoms with Crippen LogP contribution in [-0.4, -0.2) is 6.09 Å². The molecule has 0 aromatic heterocycles. The standard InChI is InChI=1S/C17H15F4NO2/c1-11(13-8-5-9-14(15(13)18)17(19,20)21)22-16(23)24-10-12-6-3-2-4-7-12/h2-9,11H,10H2,1H3,(H,22,23). The molecule has 128 valence electrons. The summed E-state index contributed by atoms with van der Waals surface area (Å²) in [7, 11) is 0. The molecule has 2 aromatic carbocycles. The zero-order valence-corrected chi connectivity index (χ0v) is 12.7. The predicted molar refractivity (Wildman–Crippen MR) is 79.6 cm³/mol. The minimum atomic E-state index is -4.80. The largest absolute Gasteiger partial charge is 0.445 e. The van der Waals surface area contributed by atoms with Gasteiger partial charge in [0.2, 0.25) is 0 Å². The first kappa shape index (κ1) is 17.8. The average Bonchev–Trinajstić information content (AvgIpc) is 2.53. The van der Waals surface area contributed by atoms with Gasteiger partial charge in [0, 0.05) is 5.56 Å². The van der Waals surface area contributed by atoms with Gasteiger partial charge < -0.3 is 10.1 Å². The third kappa shape index (κ3) is 4.47. The molecule has 1 N–H and O–H groups in total. The molecule has 0 radical (unpaired) electrons. The lowest BCUT2D eigenvalue weighted by Crippen LogP contribution is -2.28. The number of benzene rings is 2. The average molecular weight is 341 g/mol. The van der Waals surface area contributed by atoms with Crippen LogP contribution in [-0.2, 0) is 17.5 Å². The van der Waals surface area contributed by atoms with Gasteiger partial charge in [-0.25, -0.2) is 9.18 Å². The molecule has 0 bridgehead atoms. The number of hydrogen-bond donors (Lipinski definition) is 1. The van der Waals surface area contributed by atoms with E-state index < -0.39 is 29.7 Å². The second kappa shape index (κ2) is 7.33. The number of amides is 1. The van der Waals surface area contributed by atoms with E-state index in [1.165, 1.54) is 13.0 Å². The van der Waals surface area contributed by atoms with Crippen molar-refractivity contribution in [2.45, 2.75) is 25.7 Å². The third-order valence-electron chi connectivity index (χ3n) is 3.35. The zero-order valence-electron chi connectivity index (χ0n) is 12.7.